The second-order valence-electron chi connectivity index (χ2n) is 8.87. The van der Waals surface area contributed by atoms with E-state index in [-0.39, 0.29) is 5.91 Å². The average molecular weight is 431 g/mol. The van der Waals surface area contributed by atoms with Crippen molar-refractivity contribution in [3.8, 4) is 0 Å². The molecular weight excluding hydrogens is 400 g/mol. The van der Waals surface area contributed by atoms with Crippen molar-refractivity contribution in [2.24, 2.45) is 5.92 Å². The number of hydrogen-bond acceptors (Lipinski definition) is 3. The molecule has 0 radical (unpaired) electrons. The highest BCUT2D eigenvalue weighted by Crippen LogP contribution is 2.42. The van der Waals surface area contributed by atoms with E-state index in [1.807, 2.05) is 17.5 Å². The first-order valence-corrected chi connectivity index (χ1v) is 12.3. The first kappa shape index (κ1) is 20.5. The molecule has 0 unspecified atom stereocenters. The summed E-state index contributed by atoms with van der Waals surface area (Å²) in [5.74, 6) is 1.16. The van der Waals surface area contributed by atoms with Crippen molar-refractivity contribution in [3.05, 3.63) is 93.7 Å². The van der Waals surface area contributed by atoms with Gasteiger partial charge < -0.3 is 4.90 Å². The third-order valence-corrected chi connectivity index (χ3v) is 7.96. The van der Waals surface area contributed by atoms with Crippen LogP contribution in [0.1, 0.15) is 45.6 Å². The van der Waals surface area contributed by atoms with Gasteiger partial charge in [-0.1, -0.05) is 67.6 Å². The van der Waals surface area contributed by atoms with Gasteiger partial charge in [0.1, 0.15) is 0 Å². The van der Waals surface area contributed by atoms with Crippen LogP contribution in [0.3, 0.4) is 0 Å². The molecule has 3 heterocycles. The Morgan fingerprint density at radius 2 is 1.77 bits per heavy atom. The van der Waals surface area contributed by atoms with Crippen molar-refractivity contribution >= 4 is 17.2 Å². The largest absolute Gasteiger partial charge is 0.338 e. The Morgan fingerprint density at radius 3 is 2.48 bits per heavy atom. The van der Waals surface area contributed by atoms with Gasteiger partial charge in [-0.25, -0.2) is 0 Å². The molecule has 0 N–H and O–H groups in total. The van der Waals surface area contributed by atoms with Gasteiger partial charge in [0.2, 0.25) is 0 Å². The molecule has 2 fully saturated rings. The van der Waals surface area contributed by atoms with Gasteiger partial charge in [-0.3, -0.25) is 9.69 Å². The van der Waals surface area contributed by atoms with Crippen molar-refractivity contribution in [3.63, 3.8) is 0 Å². The minimum atomic E-state index is 0.204. The van der Waals surface area contributed by atoms with E-state index >= 15 is 0 Å². The summed E-state index contributed by atoms with van der Waals surface area (Å²) in [5, 5.41) is 2.00. The predicted octanol–water partition coefficient (Wildman–Crippen LogP) is 5.44. The van der Waals surface area contributed by atoms with Gasteiger partial charge in [-0.05, 0) is 41.0 Å². The summed E-state index contributed by atoms with van der Waals surface area (Å²) in [4.78, 5) is 18.7. The number of fused-ring (bicyclic) bond motifs is 1. The summed E-state index contributed by atoms with van der Waals surface area (Å²) >= 11 is 1.55. The zero-order valence-corrected chi connectivity index (χ0v) is 18.9. The molecule has 2 aromatic carbocycles. The fourth-order valence-corrected chi connectivity index (χ4v) is 6.13. The molecule has 2 saturated heterocycles. The van der Waals surface area contributed by atoms with Crippen LogP contribution in [-0.2, 0) is 13.0 Å². The molecule has 0 aliphatic carbocycles. The van der Waals surface area contributed by atoms with Gasteiger partial charge in [0.15, 0.2) is 0 Å². The summed E-state index contributed by atoms with van der Waals surface area (Å²) in [7, 11) is 0. The minimum Gasteiger partial charge on any atom is -0.338 e. The van der Waals surface area contributed by atoms with Crippen LogP contribution in [0.5, 0.6) is 0 Å². The fourth-order valence-electron chi connectivity index (χ4n) is 5.44. The quantitative estimate of drug-likeness (QED) is 0.538. The Labute approximate surface area is 189 Å². The highest BCUT2D eigenvalue weighted by molar-refractivity contribution is 7.12. The summed E-state index contributed by atoms with van der Waals surface area (Å²) in [6.45, 7) is 5.97. The zero-order valence-electron chi connectivity index (χ0n) is 18.1. The molecule has 3 atom stereocenters. The van der Waals surface area contributed by atoms with E-state index in [2.05, 4.69) is 71.3 Å². The van der Waals surface area contributed by atoms with Crippen LogP contribution in [0.4, 0.5) is 0 Å². The number of carbonyl (C=O) groups excluding carboxylic acids is 1. The molecule has 0 spiro atoms. The van der Waals surface area contributed by atoms with E-state index in [0.29, 0.717) is 17.9 Å². The zero-order chi connectivity index (χ0) is 21.2. The van der Waals surface area contributed by atoms with Crippen LogP contribution in [0.15, 0.2) is 72.1 Å². The number of rotatable bonds is 5. The van der Waals surface area contributed by atoms with Crippen molar-refractivity contribution in [2.45, 2.75) is 38.3 Å². The van der Waals surface area contributed by atoms with Crippen molar-refractivity contribution in [2.75, 3.05) is 19.6 Å². The molecule has 5 rings (SSSR count). The SMILES string of the molecule is CCc1ccc([C@@H]2CN(Cc3ccccc3)[C@H]3CCN(C(=O)c4cccs4)C[C@@H]23)cc1. The Kier molecular flexibility index (Phi) is 5.93. The van der Waals surface area contributed by atoms with E-state index in [9.17, 15) is 4.79 Å². The maximum absolute atomic E-state index is 13.1. The maximum atomic E-state index is 13.1. The first-order chi connectivity index (χ1) is 15.2. The summed E-state index contributed by atoms with van der Waals surface area (Å²) in [6, 6.07) is 24.5. The van der Waals surface area contributed by atoms with E-state index in [0.717, 1.165) is 43.9 Å². The van der Waals surface area contributed by atoms with Crippen molar-refractivity contribution in [1.82, 2.24) is 9.80 Å². The Bertz CT molecular complexity index is 999. The number of carbonyl (C=O) groups is 1. The Balaban J connectivity index is 1.40. The monoisotopic (exact) mass is 430 g/mol. The summed E-state index contributed by atoms with van der Waals surface area (Å²) < 4.78 is 0. The number of hydrogen-bond donors (Lipinski definition) is 0. The van der Waals surface area contributed by atoms with Gasteiger partial charge in [0.05, 0.1) is 4.88 Å². The molecule has 3 aromatic rings. The molecule has 1 amide bonds. The van der Waals surface area contributed by atoms with Gasteiger partial charge in [0, 0.05) is 44.1 Å². The van der Waals surface area contributed by atoms with Crippen molar-refractivity contribution < 1.29 is 4.79 Å². The van der Waals surface area contributed by atoms with E-state index in [1.165, 1.54) is 16.7 Å². The highest BCUT2D eigenvalue weighted by Gasteiger charge is 2.45. The third kappa shape index (κ3) is 4.19. The standard InChI is InChI=1S/C27H30N2OS/c1-2-20-10-12-22(13-11-20)23-18-29(17-21-7-4-3-5-8-21)25-14-15-28(19-24(23)25)27(30)26-9-6-16-31-26/h3-13,16,23-25H,2,14-15,17-19H2,1H3/t23-,24-,25-/m0/s1. The summed E-state index contributed by atoms with van der Waals surface area (Å²) in [5.41, 5.74) is 4.19. The lowest BCUT2D eigenvalue weighted by Gasteiger charge is -2.39. The fraction of sp³-hybridized carbons (Fsp3) is 0.370. The normalized spacial score (nSPS) is 23.6. The molecular formula is C27H30N2OS. The number of nitrogens with zero attached hydrogens (tertiary/aromatic N) is 2. The molecule has 3 nitrogen and oxygen atoms in total. The predicted molar refractivity (Wildman–Crippen MR) is 128 cm³/mol. The molecule has 4 heteroatoms. The molecule has 1 aromatic heterocycles. The van der Waals surface area contributed by atoms with Gasteiger partial charge in [-0.15, -0.1) is 11.3 Å². The van der Waals surface area contributed by atoms with E-state index in [1.54, 1.807) is 11.3 Å². The number of amides is 1. The topological polar surface area (TPSA) is 23.6 Å². The van der Waals surface area contributed by atoms with Gasteiger partial charge in [0.25, 0.3) is 5.91 Å². The first-order valence-electron chi connectivity index (χ1n) is 11.4. The summed E-state index contributed by atoms with van der Waals surface area (Å²) in [6.07, 6.45) is 2.12. The number of likely N-dealkylation sites (tertiary alicyclic amines) is 2. The second-order valence-corrected chi connectivity index (χ2v) is 9.81. The van der Waals surface area contributed by atoms with Crippen molar-refractivity contribution in [1.29, 1.82) is 0 Å². The van der Waals surface area contributed by atoms with Crippen LogP contribution in [-0.4, -0.2) is 41.4 Å². The second kappa shape index (κ2) is 8.97. The van der Waals surface area contributed by atoms with Gasteiger partial charge >= 0.3 is 0 Å². The molecule has 0 saturated carbocycles. The number of benzene rings is 2. The molecule has 2 aliphatic heterocycles. The van der Waals surface area contributed by atoms with E-state index < -0.39 is 0 Å². The van der Waals surface area contributed by atoms with E-state index in [4.69, 9.17) is 0 Å². The Hall–Kier alpha value is -2.43. The lowest BCUT2D eigenvalue weighted by atomic mass is 9.81. The number of aryl methyl sites for hydroxylation is 1. The molecule has 31 heavy (non-hydrogen) atoms. The number of thiophene rings is 1. The van der Waals surface area contributed by atoms with Crippen LogP contribution in [0.25, 0.3) is 0 Å². The van der Waals surface area contributed by atoms with Crippen LogP contribution in [0, 0.1) is 5.92 Å². The minimum absolute atomic E-state index is 0.204. The number of piperidine rings is 1. The smallest absolute Gasteiger partial charge is 0.263 e. The Morgan fingerprint density at radius 1 is 0.968 bits per heavy atom. The molecule has 160 valence electrons. The van der Waals surface area contributed by atoms with Gasteiger partial charge in [-0.2, -0.15) is 0 Å². The molecule has 2 aliphatic rings. The highest BCUT2D eigenvalue weighted by atomic mass is 32.1. The van der Waals surface area contributed by atoms with Crippen LogP contribution >= 0.6 is 11.3 Å². The average Bonchev–Trinajstić information content (AvgIpc) is 3.48. The third-order valence-electron chi connectivity index (χ3n) is 7.10. The maximum Gasteiger partial charge on any atom is 0.263 e. The molecule has 0 bridgehead atoms. The lowest BCUT2D eigenvalue weighted by molar-refractivity contribution is 0.0588. The van der Waals surface area contributed by atoms with Crippen LogP contribution in [0.2, 0.25) is 0 Å². The lowest BCUT2D eigenvalue weighted by Crippen LogP contribution is -2.48. The van der Waals surface area contributed by atoms with Crippen LogP contribution < -0.4 is 0 Å².